The van der Waals surface area contributed by atoms with E-state index >= 15 is 0 Å². The second kappa shape index (κ2) is 9.67. The van der Waals surface area contributed by atoms with Gasteiger partial charge in [-0.3, -0.25) is 9.59 Å². The van der Waals surface area contributed by atoms with Gasteiger partial charge in [-0.2, -0.15) is 0 Å². The van der Waals surface area contributed by atoms with Crippen LogP contribution in [0.25, 0.3) is 11.0 Å². The summed E-state index contributed by atoms with van der Waals surface area (Å²) in [5.74, 6) is -0.405. The third-order valence-electron chi connectivity index (χ3n) is 5.86. The predicted molar refractivity (Wildman–Crippen MR) is 129 cm³/mol. The topological polar surface area (TPSA) is 84.4 Å². The zero-order valence-electron chi connectivity index (χ0n) is 19.6. The van der Waals surface area contributed by atoms with Gasteiger partial charge in [-0.15, -0.1) is 0 Å². The van der Waals surface area contributed by atoms with E-state index in [-0.39, 0.29) is 24.0 Å². The Morgan fingerprint density at radius 3 is 2.27 bits per heavy atom. The molecule has 4 rings (SSSR count). The monoisotopic (exact) mass is 446 g/mol. The van der Waals surface area contributed by atoms with Crippen LogP contribution >= 0.6 is 0 Å². The van der Waals surface area contributed by atoms with Crippen molar-refractivity contribution in [2.75, 3.05) is 18.4 Å². The van der Waals surface area contributed by atoms with Crippen molar-refractivity contribution in [2.45, 2.75) is 52.7 Å². The summed E-state index contributed by atoms with van der Waals surface area (Å²) >= 11 is 0. The lowest BCUT2D eigenvalue weighted by atomic mass is 10.1. The largest absolute Gasteiger partial charge is 0.372 e. The third kappa shape index (κ3) is 4.88. The van der Waals surface area contributed by atoms with E-state index in [0.717, 1.165) is 29.7 Å². The van der Waals surface area contributed by atoms with Crippen LogP contribution in [0.15, 0.2) is 42.5 Å². The molecule has 0 radical (unpaired) electrons. The number of carbonyl (C=O) groups is 2. The number of aryl methyl sites for hydroxylation is 2. The summed E-state index contributed by atoms with van der Waals surface area (Å²) in [4.78, 5) is 37.5. The number of morpholine rings is 1. The van der Waals surface area contributed by atoms with Gasteiger partial charge in [0.05, 0.1) is 45.9 Å². The molecule has 1 aromatic heterocycles. The first-order valence-corrected chi connectivity index (χ1v) is 11.5. The van der Waals surface area contributed by atoms with Gasteiger partial charge >= 0.3 is 0 Å². The van der Waals surface area contributed by atoms with Gasteiger partial charge in [-0.1, -0.05) is 26.0 Å². The van der Waals surface area contributed by atoms with Crippen LogP contribution in [0.3, 0.4) is 0 Å². The van der Waals surface area contributed by atoms with Crippen molar-refractivity contribution in [3.63, 3.8) is 0 Å². The van der Waals surface area contributed by atoms with Gasteiger partial charge in [0.1, 0.15) is 0 Å². The van der Waals surface area contributed by atoms with E-state index in [2.05, 4.69) is 19.2 Å². The Balaban J connectivity index is 1.59. The molecule has 1 aliphatic heterocycles. The molecule has 2 aromatic carbocycles. The average molecular weight is 447 g/mol. The smallest absolute Gasteiger partial charge is 0.256 e. The number of ether oxygens (including phenoxy) is 1. The Labute approximate surface area is 194 Å². The third-order valence-corrected chi connectivity index (χ3v) is 5.86. The van der Waals surface area contributed by atoms with Crippen molar-refractivity contribution < 1.29 is 14.3 Å². The van der Waals surface area contributed by atoms with E-state index in [0.29, 0.717) is 35.4 Å². The van der Waals surface area contributed by atoms with Gasteiger partial charge in [0.2, 0.25) is 0 Å². The number of hydrogen-bond donors (Lipinski definition) is 1. The Morgan fingerprint density at radius 2 is 1.61 bits per heavy atom. The van der Waals surface area contributed by atoms with Gasteiger partial charge in [-0.25, -0.2) is 9.97 Å². The minimum Gasteiger partial charge on any atom is -0.372 e. The zero-order chi connectivity index (χ0) is 23.5. The minimum absolute atomic E-state index is 0.0283. The summed E-state index contributed by atoms with van der Waals surface area (Å²) in [5.41, 5.74) is 4.83. The number of nitrogens with one attached hydrogen (secondary N) is 1. The molecule has 0 spiro atoms. The number of hydrogen-bond acceptors (Lipinski definition) is 5. The van der Waals surface area contributed by atoms with Crippen molar-refractivity contribution in [3.8, 4) is 0 Å². The number of nitrogens with zero attached hydrogens (tertiary/aromatic N) is 3. The fraction of sp³-hybridized carbons (Fsp3) is 0.385. The Hall–Kier alpha value is -3.32. The summed E-state index contributed by atoms with van der Waals surface area (Å²) in [7, 11) is 0. The highest BCUT2D eigenvalue weighted by Crippen LogP contribution is 2.22. The maximum Gasteiger partial charge on any atom is 0.256 e. The normalized spacial score (nSPS) is 18.4. The molecular formula is C26H30N4O3. The highest BCUT2D eigenvalue weighted by Gasteiger charge is 2.28. The minimum atomic E-state index is -0.291. The summed E-state index contributed by atoms with van der Waals surface area (Å²) in [5, 5.41) is 2.92. The van der Waals surface area contributed by atoms with Crippen molar-refractivity contribution in [1.29, 1.82) is 0 Å². The number of aromatic nitrogens is 2. The molecule has 2 atom stereocenters. The van der Waals surface area contributed by atoms with Crippen LogP contribution in [0.1, 0.15) is 59.8 Å². The van der Waals surface area contributed by atoms with Crippen LogP contribution in [-0.4, -0.2) is 52.0 Å². The van der Waals surface area contributed by atoms with Crippen LogP contribution in [-0.2, 0) is 17.6 Å². The fourth-order valence-corrected chi connectivity index (χ4v) is 4.32. The first kappa shape index (κ1) is 22.9. The van der Waals surface area contributed by atoms with E-state index in [9.17, 15) is 9.59 Å². The first-order valence-electron chi connectivity index (χ1n) is 11.5. The predicted octanol–water partition coefficient (Wildman–Crippen LogP) is 4.26. The lowest BCUT2D eigenvalue weighted by Gasteiger charge is -2.35. The van der Waals surface area contributed by atoms with Crippen LogP contribution < -0.4 is 5.32 Å². The lowest BCUT2D eigenvalue weighted by Crippen LogP contribution is -2.48. The number of carbonyl (C=O) groups excluding carboxylic acids is 2. The van der Waals surface area contributed by atoms with Crippen molar-refractivity contribution in [3.05, 3.63) is 65.0 Å². The molecule has 1 aliphatic rings. The van der Waals surface area contributed by atoms with Gasteiger partial charge in [-0.05, 0) is 57.0 Å². The lowest BCUT2D eigenvalue weighted by molar-refractivity contribution is -0.0585. The molecule has 2 heterocycles. The molecule has 0 saturated carbocycles. The molecule has 1 N–H and O–H groups in total. The molecule has 33 heavy (non-hydrogen) atoms. The second-order valence-corrected chi connectivity index (χ2v) is 8.49. The molecular weight excluding hydrogens is 416 g/mol. The molecule has 3 aromatic rings. The molecule has 7 nitrogen and oxygen atoms in total. The number of fused-ring (bicyclic) bond motifs is 1. The van der Waals surface area contributed by atoms with Gasteiger partial charge in [0.15, 0.2) is 0 Å². The Bertz CT molecular complexity index is 1180. The van der Waals surface area contributed by atoms with Gasteiger partial charge in [0.25, 0.3) is 11.8 Å². The Kier molecular flexibility index (Phi) is 6.70. The van der Waals surface area contributed by atoms with E-state index in [1.54, 1.807) is 35.2 Å². The van der Waals surface area contributed by atoms with Crippen LogP contribution in [0.2, 0.25) is 0 Å². The fourth-order valence-electron chi connectivity index (χ4n) is 4.32. The highest BCUT2D eigenvalue weighted by atomic mass is 16.5. The van der Waals surface area contributed by atoms with E-state index in [1.807, 2.05) is 26.0 Å². The molecule has 2 amide bonds. The van der Waals surface area contributed by atoms with E-state index in [1.165, 1.54) is 0 Å². The second-order valence-electron chi connectivity index (χ2n) is 8.49. The summed E-state index contributed by atoms with van der Waals surface area (Å²) in [6.07, 6.45) is 1.55. The van der Waals surface area contributed by atoms with Crippen LogP contribution in [0.4, 0.5) is 5.69 Å². The number of rotatable bonds is 5. The Morgan fingerprint density at radius 1 is 0.970 bits per heavy atom. The molecule has 0 aliphatic carbocycles. The van der Waals surface area contributed by atoms with Crippen molar-refractivity contribution in [2.24, 2.45) is 0 Å². The van der Waals surface area contributed by atoms with E-state index < -0.39 is 0 Å². The molecule has 1 fully saturated rings. The molecule has 7 heteroatoms. The maximum atomic E-state index is 13.2. The highest BCUT2D eigenvalue weighted by molar-refractivity contribution is 6.09. The molecule has 0 bridgehead atoms. The van der Waals surface area contributed by atoms with Crippen LogP contribution in [0, 0.1) is 0 Å². The summed E-state index contributed by atoms with van der Waals surface area (Å²) < 4.78 is 5.75. The standard InChI is InChI=1S/C26H30N4O3/c1-5-20-21(6-2)28-24-13-18(11-12-23(24)27-20)25(31)29-22-10-8-7-9-19(22)26(32)30-14-16(3)33-17(4)15-30/h7-13,16-17H,5-6,14-15H2,1-4H3,(H,29,31)/t16-,17-/m0/s1. The summed E-state index contributed by atoms with van der Waals surface area (Å²) in [6, 6.07) is 12.4. The first-order chi connectivity index (χ1) is 15.9. The molecule has 0 unspecified atom stereocenters. The number of para-hydroxylation sites is 1. The van der Waals surface area contributed by atoms with Gasteiger partial charge in [0, 0.05) is 18.7 Å². The maximum absolute atomic E-state index is 13.2. The molecule has 1 saturated heterocycles. The van der Waals surface area contributed by atoms with E-state index in [4.69, 9.17) is 14.7 Å². The number of anilines is 1. The average Bonchev–Trinajstić information content (AvgIpc) is 2.82. The van der Waals surface area contributed by atoms with Crippen molar-refractivity contribution in [1.82, 2.24) is 14.9 Å². The molecule has 172 valence electrons. The number of amides is 2. The quantitative estimate of drug-likeness (QED) is 0.633. The number of benzene rings is 2. The summed E-state index contributed by atoms with van der Waals surface area (Å²) in [6.45, 7) is 9.07. The zero-order valence-corrected chi connectivity index (χ0v) is 19.6. The van der Waals surface area contributed by atoms with Gasteiger partial charge < -0.3 is 15.0 Å². The van der Waals surface area contributed by atoms with Crippen LogP contribution in [0.5, 0.6) is 0 Å². The van der Waals surface area contributed by atoms with Crippen molar-refractivity contribution >= 4 is 28.5 Å². The SMILES string of the molecule is CCc1nc2ccc(C(=O)Nc3ccccc3C(=O)N3C[C@H](C)O[C@@H](C)C3)cc2nc1CC.